The van der Waals surface area contributed by atoms with E-state index < -0.39 is 6.10 Å². The second kappa shape index (κ2) is 6.77. The van der Waals surface area contributed by atoms with E-state index >= 15 is 0 Å². The minimum absolute atomic E-state index is 0.239. The van der Waals surface area contributed by atoms with E-state index in [1.807, 2.05) is 25.1 Å². The normalized spacial score (nSPS) is 23.5. The fourth-order valence-electron chi connectivity index (χ4n) is 4.63. The van der Waals surface area contributed by atoms with Crippen LogP contribution in [0.1, 0.15) is 42.6 Å². The highest BCUT2D eigenvalue weighted by Crippen LogP contribution is 2.50. The van der Waals surface area contributed by atoms with Crippen LogP contribution >= 0.6 is 0 Å². The van der Waals surface area contributed by atoms with Gasteiger partial charge in [-0.05, 0) is 30.4 Å². The molecule has 0 radical (unpaired) electrons. The predicted octanol–water partition coefficient (Wildman–Crippen LogP) is 2.02. The molecule has 1 aliphatic carbocycles. The van der Waals surface area contributed by atoms with Crippen LogP contribution in [0.25, 0.3) is 0 Å². The molecule has 0 amide bonds. The molecule has 2 atom stereocenters. The van der Waals surface area contributed by atoms with Gasteiger partial charge in [0, 0.05) is 44.4 Å². The molecule has 6 nitrogen and oxygen atoms in total. The van der Waals surface area contributed by atoms with Crippen molar-refractivity contribution in [2.24, 2.45) is 5.73 Å². The van der Waals surface area contributed by atoms with Gasteiger partial charge in [0.05, 0.1) is 12.1 Å². The molecule has 0 unspecified atom stereocenters. The van der Waals surface area contributed by atoms with Crippen molar-refractivity contribution in [1.82, 2.24) is 9.97 Å². The van der Waals surface area contributed by atoms with Crippen molar-refractivity contribution in [3.8, 4) is 0 Å². The lowest BCUT2D eigenvalue weighted by Crippen LogP contribution is -2.49. The molecule has 2 heterocycles. The maximum Gasteiger partial charge on any atom is 0.227 e. The number of rotatable bonds is 3. The molecule has 1 saturated heterocycles. The van der Waals surface area contributed by atoms with Crippen LogP contribution in [0, 0.1) is 0 Å². The standard InChI is InChI=1S/C21H29N5O/c1-4-14-13-17(24-20(23-14)25(2)3)26-11-9-21(10-12-26)16-8-6-5-7-15(16)18(22)19(21)27/h5-8,13,18-19,27H,4,9-12,22H2,1-3H3/t18-,19+/m1/s1. The number of aliphatic hydroxyl groups is 1. The van der Waals surface area contributed by atoms with E-state index in [1.165, 1.54) is 5.56 Å². The Labute approximate surface area is 161 Å². The third kappa shape index (κ3) is 2.87. The van der Waals surface area contributed by atoms with Gasteiger partial charge in [-0.1, -0.05) is 31.2 Å². The van der Waals surface area contributed by atoms with E-state index in [4.69, 9.17) is 10.7 Å². The zero-order valence-corrected chi connectivity index (χ0v) is 16.4. The van der Waals surface area contributed by atoms with Crippen LogP contribution in [-0.4, -0.2) is 48.4 Å². The quantitative estimate of drug-likeness (QED) is 0.864. The summed E-state index contributed by atoms with van der Waals surface area (Å²) >= 11 is 0. The maximum absolute atomic E-state index is 11.0. The Morgan fingerprint density at radius 3 is 2.59 bits per heavy atom. The Hall–Kier alpha value is -2.18. The number of aliphatic hydroxyl groups excluding tert-OH is 1. The second-order valence-electron chi connectivity index (χ2n) is 7.97. The first-order valence-electron chi connectivity index (χ1n) is 9.79. The number of nitrogens with two attached hydrogens (primary N) is 1. The average molecular weight is 367 g/mol. The third-order valence-electron chi connectivity index (χ3n) is 6.26. The summed E-state index contributed by atoms with van der Waals surface area (Å²) in [7, 11) is 3.94. The number of aromatic nitrogens is 2. The van der Waals surface area contributed by atoms with Gasteiger partial charge in [-0.2, -0.15) is 4.98 Å². The largest absolute Gasteiger partial charge is 0.390 e. The van der Waals surface area contributed by atoms with Crippen LogP contribution < -0.4 is 15.5 Å². The first-order valence-corrected chi connectivity index (χ1v) is 9.79. The van der Waals surface area contributed by atoms with Gasteiger partial charge in [0.25, 0.3) is 0 Å². The van der Waals surface area contributed by atoms with E-state index in [0.717, 1.165) is 55.4 Å². The van der Waals surface area contributed by atoms with Crippen LogP contribution in [0.3, 0.4) is 0 Å². The van der Waals surface area contributed by atoms with E-state index in [0.29, 0.717) is 0 Å². The Morgan fingerprint density at radius 2 is 1.93 bits per heavy atom. The maximum atomic E-state index is 11.0. The van der Waals surface area contributed by atoms with Gasteiger partial charge in [-0.15, -0.1) is 0 Å². The summed E-state index contributed by atoms with van der Waals surface area (Å²) in [6.07, 6.45) is 2.12. The second-order valence-corrected chi connectivity index (χ2v) is 7.97. The number of piperidine rings is 1. The van der Waals surface area contributed by atoms with Crippen LogP contribution in [0.2, 0.25) is 0 Å². The molecule has 0 saturated carbocycles. The van der Waals surface area contributed by atoms with Crippen LogP contribution in [-0.2, 0) is 11.8 Å². The lowest BCUT2D eigenvalue weighted by atomic mass is 9.72. The molecular formula is C21H29N5O. The molecule has 1 aromatic carbocycles. The molecule has 4 rings (SSSR count). The van der Waals surface area contributed by atoms with Crippen LogP contribution in [0.15, 0.2) is 30.3 Å². The first-order chi connectivity index (χ1) is 13.0. The van der Waals surface area contributed by atoms with Crippen molar-refractivity contribution in [3.63, 3.8) is 0 Å². The topological polar surface area (TPSA) is 78.5 Å². The molecule has 1 aromatic heterocycles. The summed E-state index contributed by atoms with van der Waals surface area (Å²) < 4.78 is 0. The average Bonchev–Trinajstić information content (AvgIpc) is 2.91. The van der Waals surface area contributed by atoms with Gasteiger partial charge in [0.15, 0.2) is 0 Å². The van der Waals surface area contributed by atoms with E-state index in [2.05, 4.69) is 41.1 Å². The molecule has 27 heavy (non-hydrogen) atoms. The molecule has 144 valence electrons. The number of anilines is 2. The Morgan fingerprint density at radius 1 is 1.22 bits per heavy atom. The highest BCUT2D eigenvalue weighted by molar-refractivity contribution is 5.49. The highest BCUT2D eigenvalue weighted by atomic mass is 16.3. The SMILES string of the molecule is CCc1cc(N2CCC3(CC2)c2ccccc2[C@@H](N)[C@@H]3O)nc(N(C)C)n1. The fraction of sp³-hybridized carbons (Fsp3) is 0.524. The van der Waals surface area contributed by atoms with Crippen molar-refractivity contribution in [2.45, 2.75) is 43.7 Å². The molecule has 2 aromatic rings. The third-order valence-corrected chi connectivity index (χ3v) is 6.26. The van der Waals surface area contributed by atoms with Gasteiger partial charge in [-0.25, -0.2) is 4.98 Å². The minimum Gasteiger partial charge on any atom is -0.390 e. The van der Waals surface area contributed by atoms with Crippen molar-refractivity contribution >= 4 is 11.8 Å². The van der Waals surface area contributed by atoms with Crippen molar-refractivity contribution in [1.29, 1.82) is 0 Å². The summed E-state index contributed by atoms with van der Waals surface area (Å²) in [5, 5.41) is 11.0. The minimum atomic E-state index is -0.522. The molecule has 1 spiro atoms. The lowest BCUT2D eigenvalue weighted by molar-refractivity contribution is 0.0582. The molecule has 1 fully saturated rings. The summed E-state index contributed by atoms with van der Waals surface area (Å²) in [5.41, 5.74) is 9.49. The number of hydrogen-bond donors (Lipinski definition) is 2. The number of aryl methyl sites for hydroxylation is 1. The Balaban J connectivity index is 1.61. The smallest absolute Gasteiger partial charge is 0.227 e. The molecule has 0 bridgehead atoms. The molecule has 3 N–H and O–H groups in total. The summed E-state index contributed by atoms with van der Waals surface area (Å²) in [6, 6.07) is 10.1. The molecule has 6 heteroatoms. The van der Waals surface area contributed by atoms with Gasteiger partial charge in [-0.3, -0.25) is 0 Å². The van der Waals surface area contributed by atoms with Gasteiger partial charge >= 0.3 is 0 Å². The summed E-state index contributed by atoms with van der Waals surface area (Å²) in [6.45, 7) is 3.82. The van der Waals surface area contributed by atoms with E-state index in [-0.39, 0.29) is 11.5 Å². The monoisotopic (exact) mass is 367 g/mol. The predicted molar refractivity (Wildman–Crippen MR) is 108 cm³/mol. The van der Waals surface area contributed by atoms with E-state index in [9.17, 15) is 5.11 Å². The Kier molecular flexibility index (Phi) is 4.56. The first kappa shape index (κ1) is 18.2. The zero-order chi connectivity index (χ0) is 19.2. The lowest BCUT2D eigenvalue weighted by Gasteiger charge is -2.43. The molecule has 2 aliphatic rings. The van der Waals surface area contributed by atoms with Crippen molar-refractivity contribution in [2.75, 3.05) is 37.0 Å². The number of hydrogen-bond acceptors (Lipinski definition) is 6. The Bertz CT molecular complexity index is 829. The summed E-state index contributed by atoms with van der Waals surface area (Å²) in [5.74, 6) is 1.73. The van der Waals surface area contributed by atoms with Gasteiger partial charge in [0.1, 0.15) is 5.82 Å². The van der Waals surface area contributed by atoms with Gasteiger partial charge < -0.3 is 20.6 Å². The number of fused-ring (bicyclic) bond motifs is 2. The van der Waals surface area contributed by atoms with Crippen LogP contribution in [0.4, 0.5) is 11.8 Å². The highest BCUT2D eigenvalue weighted by Gasteiger charge is 2.51. The van der Waals surface area contributed by atoms with Crippen molar-refractivity contribution < 1.29 is 5.11 Å². The van der Waals surface area contributed by atoms with Gasteiger partial charge in [0.2, 0.25) is 5.95 Å². The number of nitrogens with zero attached hydrogens (tertiary/aromatic N) is 4. The van der Waals surface area contributed by atoms with Crippen molar-refractivity contribution in [3.05, 3.63) is 47.2 Å². The number of benzene rings is 1. The van der Waals surface area contributed by atoms with E-state index in [1.54, 1.807) is 0 Å². The zero-order valence-electron chi connectivity index (χ0n) is 16.4. The molecule has 1 aliphatic heterocycles. The fourth-order valence-corrected chi connectivity index (χ4v) is 4.63. The van der Waals surface area contributed by atoms with Crippen LogP contribution in [0.5, 0.6) is 0 Å². The molecular weight excluding hydrogens is 338 g/mol. The summed E-state index contributed by atoms with van der Waals surface area (Å²) in [4.78, 5) is 13.6.